The smallest absolute Gasteiger partial charge is 0.358 e. The van der Waals surface area contributed by atoms with Crippen molar-refractivity contribution >= 4 is 5.97 Å². The minimum atomic E-state index is -1.12. The summed E-state index contributed by atoms with van der Waals surface area (Å²) >= 11 is 0. The van der Waals surface area contributed by atoms with Crippen molar-refractivity contribution in [3.63, 3.8) is 0 Å². The average Bonchev–Trinajstić information content (AvgIpc) is 2.69. The number of rotatable bonds is 6. The Kier molecular flexibility index (Phi) is 5.24. The molecule has 114 valence electrons. The number of carboxylic acid groups (broad SMARTS) is 1. The van der Waals surface area contributed by atoms with Gasteiger partial charge in [-0.1, -0.05) is 26.0 Å². The Labute approximate surface area is 118 Å². The van der Waals surface area contributed by atoms with Crippen LogP contribution in [-0.4, -0.2) is 50.0 Å². The highest BCUT2D eigenvalue weighted by atomic mass is 16.5. The zero-order chi connectivity index (χ0) is 15.5. The van der Waals surface area contributed by atoms with Gasteiger partial charge in [0.25, 0.3) is 0 Å². The number of nitrogens with zero attached hydrogens (tertiary/aromatic N) is 3. The van der Waals surface area contributed by atoms with Crippen molar-refractivity contribution in [1.82, 2.24) is 15.0 Å². The SMILES string of the molecule is CC(C)OCC(O)Cn1nnc(C(=O)O)c1C(C)(C)C. The Hall–Kier alpha value is -1.47. The van der Waals surface area contributed by atoms with E-state index in [9.17, 15) is 9.90 Å². The first-order chi connectivity index (χ1) is 9.12. The normalized spacial score (nSPS) is 13.8. The Bertz CT molecular complexity index is 463. The summed E-state index contributed by atoms with van der Waals surface area (Å²) in [6.07, 6.45) is -0.737. The monoisotopic (exact) mass is 285 g/mol. The van der Waals surface area contributed by atoms with Gasteiger partial charge in [-0.25, -0.2) is 9.48 Å². The van der Waals surface area contributed by atoms with E-state index in [1.165, 1.54) is 4.68 Å². The largest absolute Gasteiger partial charge is 0.476 e. The fraction of sp³-hybridized carbons (Fsp3) is 0.769. The molecule has 7 heteroatoms. The number of hydrogen-bond acceptors (Lipinski definition) is 5. The van der Waals surface area contributed by atoms with Gasteiger partial charge in [0.05, 0.1) is 31.1 Å². The van der Waals surface area contributed by atoms with Crippen molar-refractivity contribution in [2.75, 3.05) is 6.61 Å². The maximum absolute atomic E-state index is 11.2. The molecule has 1 unspecified atom stereocenters. The van der Waals surface area contributed by atoms with Crippen LogP contribution in [0.3, 0.4) is 0 Å². The van der Waals surface area contributed by atoms with E-state index in [-0.39, 0.29) is 24.9 Å². The van der Waals surface area contributed by atoms with Crippen LogP contribution in [-0.2, 0) is 16.7 Å². The predicted molar refractivity (Wildman–Crippen MR) is 72.8 cm³/mol. The second-order valence-corrected chi connectivity index (χ2v) is 6.06. The molecule has 0 saturated carbocycles. The highest BCUT2D eigenvalue weighted by molar-refractivity contribution is 5.86. The molecule has 1 atom stereocenters. The van der Waals surface area contributed by atoms with Crippen LogP contribution >= 0.6 is 0 Å². The number of aliphatic hydroxyl groups excluding tert-OH is 1. The lowest BCUT2D eigenvalue weighted by Crippen LogP contribution is -2.29. The molecule has 0 amide bonds. The molecular formula is C13H23N3O4. The highest BCUT2D eigenvalue weighted by Crippen LogP contribution is 2.24. The molecule has 0 bridgehead atoms. The molecule has 1 heterocycles. The van der Waals surface area contributed by atoms with Crippen molar-refractivity contribution in [2.24, 2.45) is 0 Å². The molecule has 0 aromatic carbocycles. The number of carbonyl (C=O) groups is 1. The van der Waals surface area contributed by atoms with E-state index >= 15 is 0 Å². The topological polar surface area (TPSA) is 97.5 Å². The molecule has 1 aromatic heterocycles. The molecule has 0 aliphatic carbocycles. The van der Waals surface area contributed by atoms with Gasteiger partial charge in [0.1, 0.15) is 0 Å². The summed E-state index contributed by atoms with van der Waals surface area (Å²) in [6.45, 7) is 9.72. The quantitative estimate of drug-likeness (QED) is 0.811. The van der Waals surface area contributed by atoms with Gasteiger partial charge >= 0.3 is 5.97 Å². The van der Waals surface area contributed by atoms with E-state index in [0.717, 1.165) is 0 Å². The van der Waals surface area contributed by atoms with Crippen LogP contribution in [0.25, 0.3) is 0 Å². The van der Waals surface area contributed by atoms with Gasteiger partial charge in [-0.2, -0.15) is 0 Å². The maximum Gasteiger partial charge on any atom is 0.358 e. The summed E-state index contributed by atoms with van der Waals surface area (Å²) < 4.78 is 6.77. The van der Waals surface area contributed by atoms with E-state index in [4.69, 9.17) is 9.84 Å². The number of hydrogen-bond donors (Lipinski definition) is 2. The zero-order valence-electron chi connectivity index (χ0n) is 12.6. The third-order valence-corrected chi connectivity index (χ3v) is 2.65. The van der Waals surface area contributed by atoms with Crippen LogP contribution in [0.1, 0.15) is 50.8 Å². The zero-order valence-corrected chi connectivity index (χ0v) is 12.6. The summed E-state index contributed by atoms with van der Waals surface area (Å²) in [5.41, 5.74) is -0.0152. The van der Waals surface area contributed by atoms with E-state index in [0.29, 0.717) is 5.69 Å². The second-order valence-electron chi connectivity index (χ2n) is 6.06. The van der Waals surface area contributed by atoms with Crippen LogP contribution in [0.15, 0.2) is 0 Å². The lowest BCUT2D eigenvalue weighted by molar-refractivity contribution is -0.00279. The van der Waals surface area contributed by atoms with E-state index in [2.05, 4.69) is 10.3 Å². The lowest BCUT2D eigenvalue weighted by atomic mass is 9.90. The van der Waals surface area contributed by atoms with Crippen LogP contribution in [0.5, 0.6) is 0 Å². The Morgan fingerprint density at radius 2 is 2.00 bits per heavy atom. The molecule has 0 radical (unpaired) electrons. The second kappa shape index (κ2) is 6.32. The van der Waals surface area contributed by atoms with Crippen molar-refractivity contribution in [3.8, 4) is 0 Å². The molecule has 0 saturated heterocycles. The molecule has 20 heavy (non-hydrogen) atoms. The number of carboxylic acids is 1. The van der Waals surface area contributed by atoms with Gasteiger partial charge in [-0.05, 0) is 13.8 Å². The van der Waals surface area contributed by atoms with Gasteiger partial charge < -0.3 is 14.9 Å². The average molecular weight is 285 g/mol. The first-order valence-electron chi connectivity index (χ1n) is 6.59. The Morgan fingerprint density at radius 1 is 1.40 bits per heavy atom. The molecule has 1 aromatic rings. The highest BCUT2D eigenvalue weighted by Gasteiger charge is 2.29. The van der Waals surface area contributed by atoms with Gasteiger partial charge in [0.15, 0.2) is 5.69 Å². The van der Waals surface area contributed by atoms with E-state index in [1.54, 1.807) is 0 Å². The van der Waals surface area contributed by atoms with E-state index in [1.807, 2.05) is 34.6 Å². The van der Waals surface area contributed by atoms with Crippen LogP contribution in [0.4, 0.5) is 0 Å². The Balaban J connectivity index is 2.93. The molecule has 0 fully saturated rings. The third kappa shape index (κ3) is 4.28. The standard InChI is InChI=1S/C13H23N3O4/c1-8(2)20-7-9(17)6-16-11(13(3,4)5)10(12(18)19)14-15-16/h8-9,17H,6-7H2,1-5H3,(H,18,19). The fourth-order valence-corrected chi connectivity index (χ4v) is 1.88. The van der Waals surface area contributed by atoms with Crippen LogP contribution in [0, 0.1) is 0 Å². The number of ether oxygens (including phenoxy) is 1. The van der Waals surface area contributed by atoms with Crippen molar-refractivity contribution < 1.29 is 19.7 Å². The lowest BCUT2D eigenvalue weighted by Gasteiger charge is -2.22. The summed E-state index contributed by atoms with van der Waals surface area (Å²) in [6, 6.07) is 0. The fourth-order valence-electron chi connectivity index (χ4n) is 1.88. The van der Waals surface area contributed by atoms with Crippen LogP contribution < -0.4 is 0 Å². The summed E-state index contributed by atoms with van der Waals surface area (Å²) in [5.74, 6) is -1.12. The van der Waals surface area contributed by atoms with Gasteiger partial charge in [0, 0.05) is 5.41 Å². The Morgan fingerprint density at radius 3 is 2.45 bits per heavy atom. The van der Waals surface area contributed by atoms with Crippen molar-refractivity contribution in [3.05, 3.63) is 11.4 Å². The van der Waals surface area contributed by atoms with Crippen LogP contribution in [0.2, 0.25) is 0 Å². The minimum absolute atomic E-state index is 0.0251. The van der Waals surface area contributed by atoms with Gasteiger partial charge in [0.2, 0.25) is 0 Å². The predicted octanol–water partition coefficient (Wildman–Crippen LogP) is 1.06. The number of aliphatic hydroxyl groups is 1. The first-order valence-corrected chi connectivity index (χ1v) is 6.59. The molecular weight excluding hydrogens is 262 g/mol. The molecule has 0 spiro atoms. The summed E-state index contributed by atoms with van der Waals surface area (Å²) in [7, 11) is 0. The number of aromatic carboxylic acids is 1. The maximum atomic E-state index is 11.2. The summed E-state index contributed by atoms with van der Waals surface area (Å²) in [4.78, 5) is 11.2. The molecule has 0 aliphatic heterocycles. The molecule has 0 aliphatic rings. The summed E-state index contributed by atoms with van der Waals surface area (Å²) in [5, 5.41) is 26.6. The van der Waals surface area contributed by atoms with Crippen molar-refractivity contribution in [2.45, 2.75) is 58.8 Å². The third-order valence-electron chi connectivity index (χ3n) is 2.65. The molecule has 7 nitrogen and oxygen atoms in total. The first kappa shape index (κ1) is 16.6. The molecule has 1 rings (SSSR count). The van der Waals surface area contributed by atoms with Gasteiger partial charge in [-0.15, -0.1) is 5.10 Å². The molecule has 2 N–H and O–H groups in total. The minimum Gasteiger partial charge on any atom is -0.476 e. The van der Waals surface area contributed by atoms with E-state index < -0.39 is 17.5 Å². The van der Waals surface area contributed by atoms with Gasteiger partial charge in [-0.3, -0.25) is 0 Å². The number of aromatic nitrogens is 3. The van der Waals surface area contributed by atoms with Crippen molar-refractivity contribution in [1.29, 1.82) is 0 Å².